The molecule has 4 rings (SSSR count). The summed E-state index contributed by atoms with van der Waals surface area (Å²) in [5, 5.41) is 12.7. The van der Waals surface area contributed by atoms with E-state index in [1.807, 2.05) is 48.6 Å². The molecule has 0 fully saturated rings. The minimum atomic E-state index is -0.0540. The van der Waals surface area contributed by atoms with Crippen molar-refractivity contribution in [3.05, 3.63) is 119 Å². The van der Waals surface area contributed by atoms with E-state index in [0.29, 0.717) is 25.1 Å². The molecule has 0 bridgehead atoms. The van der Waals surface area contributed by atoms with Crippen LogP contribution in [-0.2, 0) is 24.1 Å². The molecular weight excluding hydrogens is 422 g/mol. The predicted octanol–water partition coefficient (Wildman–Crippen LogP) is 6.01. The van der Waals surface area contributed by atoms with Crippen molar-refractivity contribution in [3.63, 3.8) is 0 Å². The van der Waals surface area contributed by atoms with Gasteiger partial charge in [-0.25, -0.2) is 9.97 Å². The Kier molecular flexibility index (Phi) is 8.01. The zero-order chi connectivity index (χ0) is 23.6. The van der Waals surface area contributed by atoms with Crippen molar-refractivity contribution in [2.24, 2.45) is 0 Å². The van der Waals surface area contributed by atoms with E-state index < -0.39 is 0 Å². The maximum atomic E-state index is 12.7. The Morgan fingerprint density at radius 1 is 0.882 bits per heavy atom. The molecule has 0 spiro atoms. The number of hydrogen-bond donors (Lipinski definition) is 2. The lowest BCUT2D eigenvalue weighted by molar-refractivity contribution is -0.116. The summed E-state index contributed by atoms with van der Waals surface area (Å²) >= 11 is 0. The quantitative estimate of drug-likeness (QED) is 0.418. The number of hydrogen-bond acceptors (Lipinski definition) is 4. The number of aromatic nitrogens is 2. The summed E-state index contributed by atoms with van der Waals surface area (Å²) in [6, 6.07) is 20.4. The van der Waals surface area contributed by atoms with Gasteiger partial charge >= 0.3 is 0 Å². The minimum Gasteiger partial charge on any atom is -0.508 e. The second kappa shape index (κ2) is 11.8. The van der Waals surface area contributed by atoms with Gasteiger partial charge in [-0.15, -0.1) is 0 Å². The number of aryl methyl sites for hydroxylation is 3. The Bertz CT molecular complexity index is 1200. The molecule has 5 heteroatoms. The maximum absolute atomic E-state index is 12.7. The van der Waals surface area contributed by atoms with E-state index >= 15 is 0 Å². The van der Waals surface area contributed by atoms with Crippen LogP contribution in [0.2, 0.25) is 0 Å². The van der Waals surface area contributed by atoms with Gasteiger partial charge in [0.2, 0.25) is 5.91 Å². The second-order valence-electron chi connectivity index (χ2n) is 8.28. The van der Waals surface area contributed by atoms with Crippen molar-refractivity contribution < 1.29 is 9.90 Å². The lowest BCUT2D eigenvalue weighted by atomic mass is 10.1. The van der Waals surface area contributed by atoms with Crippen molar-refractivity contribution in [2.45, 2.75) is 38.5 Å². The molecule has 34 heavy (non-hydrogen) atoms. The Morgan fingerprint density at radius 3 is 2.32 bits per heavy atom. The number of allylic oxidation sites excluding steroid dienone is 5. The first-order chi connectivity index (χ1) is 16.7. The van der Waals surface area contributed by atoms with Gasteiger partial charge in [0, 0.05) is 6.42 Å². The van der Waals surface area contributed by atoms with E-state index in [1.54, 1.807) is 18.3 Å². The number of rotatable bonds is 9. The van der Waals surface area contributed by atoms with Crippen LogP contribution in [-0.4, -0.2) is 21.0 Å². The molecule has 1 aliphatic carbocycles. The third-order valence-corrected chi connectivity index (χ3v) is 5.70. The molecule has 2 aromatic carbocycles. The molecule has 0 saturated heterocycles. The molecule has 172 valence electrons. The summed E-state index contributed by atoms with van der Waals surface area (Å²) in [4.78, 5) is 22.1. The van der Waals surface area contributed by atoms with Crippen molar-refractivity contribution >= 4 is 17.3 Å². The van der Waals surface area contributed by atoms with Crippen LogP contribution in [0.15, 0.2) is 96.9 Å². The standard InChI is InChI=1S/C29H29N3O2/c33-25-15-8-14-24(18-19-25)27-21-30-29(26(31-27)20-17-23-11-5-2-6-12-23)32-28(34)16-7-13-22-9-3-1-4-10-22/h1-6,9-12,14-15,18-19,21,33H,7-8,13,16-17,20H2,(H,30,32,34). The van der Waals surface area contributed by atoms with Gasteiger partial charge in [-0.05, 0) is 67.0 Å². The topological polar surface area (TPSA) is 75.1 Å². The summed E-state index contributed by atoms with van der Waals surface area (Å²) in [5.74, 6) is 0.702. The molecule has 0 radical (unpaired) electrons. The highest BCUT2D eigenvalue weighted by atomic mass is 16.3. The van der Waals surface area contributed by atoms with Crippen LogP contribution in [0.25, 0.3) is 5.57 Å². The fourth-order valence-electron chi connectivity index (χ4n) is 3.85. The zero-order valence-corrected chi connectivity index (χ0v) is 19.2. The third-order valence-electron chi connectivity index (χ3n) is 5.70. The maximum Gasteiger partial charge on any atom is 0.225 e. The summed E-state index contributed by atoms with van der Waals surface area (Å²) in [6.45, 7) is 0. The number of nitrogens with one attached hydrogen (secondary N) is 1. The monoisotopic (exact) mass is 451 g/mol. The average molecular weight is 452 g/mol. The Morgan fingerprint density at radius 2 is 1.59 bits per heavy atom. The van der Waals surface area contributed by atoms with Crippen LogP contribution in [0, 0.1) is 0 Å². The average Bonchev–Trinajstić information content (AvgIpc) is 3.09. The number of anilines is 1. The van der Waals surface area contributed by atoms with E-state index in [4.69, 9.17) is 4.98 Å². The van der Waals surface area contributed by atoms with Crippen molar-refractivity contribution in [1.82, 2.24) is 9.97 Å². The van der Waals surface area contributed by atoms with Crippen LogP contribution in [0.5, 0.6) is 0 Å². The van der Waals surface area contributed by atoms with Crippen LogP contribution in [0.3, 0.4) is 0 Å². The SMILES string of the molecule is O=C(CCCc1ccccc1)Nc1ncc(C2=CCC=C(O)C=C2)nc1CCc1ccccc1. The highest BCUT2D eigenvalue weighted by molar-refractivity contribution is 5.90. The van der Waals surface area contributed by atoms with Gasteiger partial charge in [-0.3, -0.25) is 4.79 Å². The van der Waals surface area contributed by atoms with Crippen molar-refractivity contribution in [1.29, 1.82) is 0 Å². The summed E-state index contributed by atoms with van der Waals surface area (Å²) in [6.07, 6.45) is 13.1. The van der Waals surface area contributed by atoms with E-state index in [2.05, 4.69) is 34.6 Å². The molecule has 1 aliphatic rings. The Balaban J connectivity index is 1.47. The number of amides is 1. The highest BCUT2D eigenvalue weighted by Gasteiger charge is 2.13. The second-order valence-corrected chi connectivity index (χ2v) is 8.28. The van der Waals surface area contributed by atoms with Crippen molar-refractivity contribution in [3.8, 4) is 0 Å². The molecule has 0 unspecified atom stereocenters. The smallest absolute Gasteiger partial charge is 0.225 e. The van der Waals surface area contributed by atoms with E-state index in [1.165, 1.54) is 11.1 Å². The van der Waals surface area contributed by atoms with Crippen LogP contribution in [0.1, 0.15) is 41.8 Å². The number of carbonyl (C=O) groups is 1. The van der Waals surface area contributed by atoms with E-state index in [0.717, 1.165) is 36.2 Å². The summed E-state index contributed by atoms with van der Waals surface area (Å²) in [7, 11) is 0. The number of aliphatic hydroxyl groups excluding tert-OH is 1. The van der Waals surface area contributed by atoms with Gasteiger partial charge in [0.1, 0.15) is 5.76 Å². The summed E-state index contributed by atoms with van der Waals surface area (Å²) < 4.78 is 0. The van der Waals surface area contributed by atoms with Gasteiger partial charge in [0.15, 0.2) is 5.82 Å². The first kappa shape index (κ1) is 23.2. The lowest BCUT2D eigenvalue weighted by Crippen LogP contribution is -2.16. The predicted molar refractivity (Wildman–Crippen MR) is 136 cm³/mol. The largest absolute Gasteiger partial charge is 0.508 e. The Hall–Kier alpha value is -3.99. The molecular formula is C29H29N3O2. The third kappa shape index (κ3) is 6.75. The lowest BCUT2D eigenvalue weighted by Gasteiger charge is -2.12. The highest BCUT2D eigenvalue weighted by Crippen LogP contribution is 2.22. The van der Waals surface area contributed by atoms with Crippen LogP contribution < -0.4 is 5.32 Å². The van der Waals surface area contributed by atoms with E-state index in [-0.39, 0.29) is 11.7 Å². The molecule has 0 saturated carbocycles. The van der Waals surface area contributed by atoms with E-state index in [9.17, 15) is 9.90 Å². The fourth-order valence-corrected chi connectivity index (χ4v) is 3.85. The molecule has 1 heterocycles. The van der Waals surface area contributed by atoms with Crippen LogP contribution in [0.4, 0.5) is 5.82 Å². The molecule has 0 aliphatic heterocycles. The fraction of sp³-hybridized carbons (Fsp3) is 0.207. The van der Waals surface area contributed by atoms with Gasteiger partial charge < -0.3 is 10.4 Å². The van der Waals surface area contributed by atoms with Gasteiger partial charge in [0.25, 0.3) is 0 Å². The first-order valence-corrected chi connectivity index (χ1v) is 11.7. The number of benzene rings is 2. The molecule has 3 aromatic rings. The molecule has 2 N–H and O–H groups in total. The number of carbonyl (C=O) groups excluding carboxylic acids is 1. The molecule has 1 amide bonds. The Labute approximate surface area is 200 Å². The number of nitrogens with zero attached hydrogens (tertiary/aromatic N) is 2. The zero-order valence-electron chi connectivity index (χ0n) is 19.2. The van der Waals surface area contributed by atoms with Crippen molar-refractivity contribution in [2.75, 3.05) is 5.32 Å². The first-order valence-electron chi connectivity index (χ1n) is 11.7. The normalized spacial score (nSPS) is 13.1. The van der Waals surface area contributed by atoms with Gasteiger partial charge in [0.05, 0.1) is 17.6 Å². The molecule has 5 nitrogen and oxygen atoms in total. The summed E-state index contributed by atoms with van der Waals surface area (Å²) in [5.41, 5.74) is 4.82. The van der Waals surface area contributed by atoms with Gasteiger partial charge in [-0.2, -0.15) is 0 Å². The van der Waals surface area contributed by atoms with Gasteiger partial charge in [-0.1, -0.05) is 66.7 Å². The molecule has 0 atom stereocenters. The minimum absolute atomic E-state index is 0.0540. The molecule has 1 aromatic heterocycles. The number of aliphatic hydroxyl groups is 1. The van der Waals surface area contributed by atoms with Crippen LogP contribution >= 0.6 is 0 Å².